The molecule has 1 aliphatic rings. The molecular weight excluding hydrogens is 550 g/mol. The molecule has 0 saturated heterocycles. The van der Waals surface area contributed by atoms with Crippen molar-refractivity contribution in [1.82, 2.24) is 0 Å². The minimum absolute atomic E-state index is 0.715. The van der Waals surface area contributed by atoms with Gasteiger partial charge in [-0.1, -0.05) is 127 Å². The van der Waals surface area contributed by atoms with E-state index in [-0.39, 0.29) is 0 Å². The van der Waals surface area contributed by atoms with Gasteiger partial charge in [0.2, 0.25) is 0 Å². The molecule has 4 aromatic rings. The lowest BCUT2D eigenvalue weighted by Crippen LogP contribution is -2.54. The molecule has 204 valence electrons. The summed E-state index contributed by atoms with van der Waals surface area (Å²) in [6.45, 7) is 4.00. The van der Waals surface area contributed by atoms with Crippen molar-refractivity contribution in [1.29, 1.82) is 0 Å². The van der Waals surface area contributed by atoms with Gasteiger partial charge in [-0.3, -0.25) is 0 Å². The average Bonchev–Trinajstić information content (AvgIpc) is 3.03. The van der Waals surface area contributed by atoms with Crippen molar-refractivity contribution in [2.75, 3.05) is 13.4 Å². The van der Waals surface area contributed by atoms with E-state index in [2.05, 4.69) is 6.08 Å². The third-order valence-electron chi connectivity index (χ3n) is 8.20. The van der Waals surface area contributed by atoms with Crippen LogP contribution in [0.4, 0.5) is 0 Å². The van der Waals surface area contributed by atoms with Crippen LogP contribution in [0.25, 0.3) is 0 Å². The number of methoxy groups -OCH3 is 1. The fourth-order valence-electron chi connectivity index (χ4n) is 5.69. The molecule has 2 unspecified atom stereocenters. The average molecular weight is 585 g/mol. The van der Waals surface area contributed by atoms with Crippen LogP contribution in [0.1, 0.15) is 13.8 Å². The minimum Gasteiger partial charge on any atom is -0.373 e. The number of allylic oxidation sites excluding steroid dienone is 1. The summed E-state index contributed by atoms with van der Waals surface area (Å²) in [7, 11) is -5.03. The number of rotatable bonds is 8. The molecule has 2 atom stereocenters. The normalized spacial score (nSPS) is 21.4. The predicted octanol–water partition coefficient (Wildman–Crippen LogP) is 7.32. The van der Waals surface area contributed by atoms with Gasteiger partial charge in [-0.25, -0.2) is 0 Å². The molecule has 0 bridgehead atoms. The van der Waals surface area contributed by atoms with Crippen LogP contribution in [0, 0.1) is 0 Å². The monoisotopic (exact) mass is 584 g/mol. The van der Waals surface area contributed by atoms with Crippen LogP contribution in [0.2, 0.25) is 0 Å². The number of hydrogen-bond acceptors (Lipinski definition) is 4. The molecular formula is C34H34O3P2S. The highest BCUT2D eigenvalue weighted by Crippen LogP contribution is 2.68. The van der Waals surface area contributed by atoms with E-state index in [4.69, 9.17) is 4.74 Å². The Labute approximate surface area is 242 Å². The topological polar surface area (TPSA) is 43.4 Å². The Morgan fingerprint density at radius 2 is 0.975 bits per heavy atom. The van der Waals surface area contributed by atoms with Crippen LogP contribution < -0.4 is 21.2 Å². The van der Waals surface area contributed by atoms with Crippen molar-refractivity contribution in [2.24, 2.45) is 0 Å². The van der Waals surface area contributed by atoms with E-state index in [1.165, 1.54) is 11.8 Å². The van der Waals surface area contributed by atoms with Gasteiger partial charge in [0.25, 0.3) is 0 Å². The molecule has 1 aliphatic carbocycles. The van der Waals surface area contributed by atoms with Crippen LogP contribution in [0.15, 0.2) is 144 Å². The number of thioether (sulfide) groups is 1. The Bertz CT molecular complexity index is 1550. The van der Waals surface area contributed by atoms with Gasteiger partial charge >= 0.3 is 0 Å². The van der Waals surface area contributed by atoms with Gasteiger partial charge in [-0.2, -0.15) is 0 Å². The van der Waals surface area contributed by atoms with Crippen LogP contribution >= 0.6 is 26.0 Å². The molecule has 6 heteroatoms. The Balaban J connectivity index is 1.83. The van der Waals surface area contributed by atoms with Gasteiger partial charge in [0.05, 0.1) is 5.16 Å². The molecule has 0 N–H and O–H groups in total. The summed E-state index contributed by atoms with van der Waals surface area (Å²) in [6.07, 6.45) is 6.07. The van der Waals surface area contributed by atoms with Crippen LogP contribution in [-0.4, -0.2) is 24.1 Å². The third-order valence-corrected chi connectivity index (χ3v) is 16.2. The van der Waals surface area contributed by atoms with E-state index in [1.54, 1.807) is 7.11 Å². The summed E-state index contributed by atoms with van der Waals surface area (Å²) in [5.41, 5.74) is -1.05. The standard InChI is InChI=1S/C34H34O3P2S/c1-33(37-3)25-31(38(35,27-17-9-5-10-18-27)28-19-11-6-12-20-28)32(40-4)26-34(33,2)39(36,29-21-13-7-14-22-29)30-23-15-8-16-24-30/h5-26H,1-4H3. The predicted molar refractivity (Wildman–Crippen MR) is 173 cm³/mol. The van der Waals surface area contributed by atoms with Gasteiger partial charge in [0.1, 0.15) is 5.60 Å². The molecule has 0 aromatic heterocycles. The maximum atomic E-state index is 15.8. The molecule has 0 fully saturated rings. The fourth-order valence-corrected chi connectivity index (χ4v) is 13.6. The van der Waals surface area contributed by atoms with Gasteiger partial charge in [-0.05, 0) is 26.2 Å². The second kappa shape index (κ2) is 11.2. The zero-order chi connectivity index (χ0) is 28.4. The zero-order valence-corrected chi connectivity index (χ0v) is 25.8. The van der Waals surface area contributed by atoms with Crippen LogP contribution in [0.3, 0.4) is 0 Å². The van der Waals surface area contributed by atoms with E-state index in [9.17, 15) is 0 Å². The van der Waals surface area contributed by atoms with Gasteiger partial charge in [-0.15, -0.1) is 11.8 Å². The van der Waals surface area contributed by atoms with Crippen molar-refractivity contribution < 1.29 is 13.9 Å². The van der Waals surface area contributed by atoms with E-state index in [0.717, 1.165) is 26.1 Å². The molecule has 0 heterocycles. The molecule has 40 heavy (non-hydrogen) atoms. The second-order valence-corrected chi connectivity index (χ2v) is 17.0. The van der Waals surface area contributed by atoms with Crippen molar-refractivity contribution in [3.63, 3.8) is 0 Å². The van der Waals surface area contributed by atoms with Gasteiger partial charge in [0, 0.05) is 38.5 Å². The molecule has 3 nitrogen and oxygen atoms in total. The summed E-state index contributed by atoms with van der Waals surface area (Å²) >= 11 is 1.53. The van der Waals surface area contributed by atoms with E-state index < -0.39 is 25.0 Å². The second-order valence-electron chi connectivity index (χ2n) is 10.3. The highest BCUT2D eigenvalue weighted by atomic mass is 32.2. The highest BCUT2D eigenvalue weighted by molar-refractivity contribution is 8.03. The van der Waals surface area contributed by atoms with Gasteiger partial charge in [0.15, 0.2) is 14.3 Å². The van der Waals surface area contributed by atoms with Gasteiger partial charge < -0.3 is 13.9 Å². The molecule has 0 saturated carbocycles. The lowest BCUT2D eigenvalue weighted by molar-refractivity contribution is 0.0274. The summed E-state index contributed by atoms with van der Waals surface area (Å²) in [6, 6.07) is 38.7. The van der Waals surface area contributed by atoms with Crippen LogP contribution in [-0.2, 0) is 13.9 Å². The van der Waals surface area contributed by atoms with Crippen molar-refractivity contribution in [2.45, 2.75) is 24.6 Å². The maximum absolute atomic E-state index is 15.8. The van der Waals surface area contributed by atoms with Crippen molar-refractivity contribution in [3.8, 4) is 0 Å². The Kier molecular flexibility index (Phi) is 8.01. The summed E-state index contributed by atoms with van der Waals surface area (Å²) in [5.74, 6) is 0. The first-order valence-corrected chi connectivity index (χ1v) is 17.9. The molecule has 0 spiro atoms. The van der Waals surface area contributed by atoms with Crippen LogP contribution in [0.5, 0.6) is 0 Å². The first kappa shape index (κ1) is 28.7. The van der Waals surface area contributed by atoms with Crippen molar-refractivity contribution >= 4 is 47.3 Å². The Hall–Kier alpha value is -2.87. The third kappa shape index (κ3) is 4.43. The number of benzene rings is 4. The summed E-state index contributed by atoms with van der Waals surface area (Å²) in [5, 5.41) is 2.75. The zero-order valence-electron chi connectivity index (χ0n) is 23.2. The maximum Gasteiger partial charge on any atom is 0.171 e. The van der Waals surface area contributed by atoms with Crippen molar-refractivity contribution in [3.05, 3.63) is 144 Å². The molecule has 4 aromatic carbocycles. The van der Waals surface area contributed by atoms with E-state index in [1.807, 2.05) is 148 Å². The fraction of sp³-hybridized carbons (Fsp3) is 0.176. The molecule has 5 rings (SSSR count). The lowest BCUT2D eigenvalue weighted by Gasteiger charge is -2.50. The molecule has 0 amide bonds. The first-order valence-electron chi connectivity index (χ1n) is 13.2. The smallest absolute Gasteiger partial charge is 0.171 e. The summed E-state index contributed by atoms with van der Waals surface area (Å²) < 4.78 is 37.6. The Morgan fingerprint density at radius 3 is 1.32 bits per heavy atom. The summed E-state index contributed by atoms with van der Waals surface area (Å²) in [4.78, 5) is 0.847. The van der Waals surface area contributed by atoms with E-state index >= 15 is 9.13 Å². The minimum atomic E-state index is -3.37. The molecule has 0 radical (unpaired) electrons. The first-order chi connectivity index (χ1) is 19.2. The number of hydrogen-bond donors (Lipinski definition) is 0. The quantitative estimate of drug-likeness (QED) is 0.204. The highest BCUT2D eigenvalue weighted by Gasteiger charge is 2.59. The van der Waals surface area contributed by atoms with E-state index in [0.29, 0.717) is 5.31 Å². The SMILES string of the molecule is COC1(C)C=C(P(=O)(c2ccccc2)c2ccccc2)C(SC)=CC1(C)P(=O)(c1ccccc1)c1ccccc1. The molecule has 0 aliphatic heterocycles. The Morgan fingerprint density at radius 1 is 0.600 bits per heavy atom. The largest absolute Gasteiger partial charge is 0.373 e. The lowest BCUT2D eigenvalue weighted by atomic mass is 9.85. The number of ether oxygens (including phenoxy) is 1.